The highest BCUT2D eigenvalue weighted by Crippen LogP contribution is 2.12. The standard InChI is InChI=1S/C7H6ClF2NO2/c8-5-2-1-4(13-5)7(12)11-3-6(9)10/h1-2,6H,3H2,(H,11,12). The highest BCUT2D eigenvalue weighted by Gasteiger charge is 2.11. The van der Waals surface area contributed by atoms with Crippen LogP contribution >= 0.6 is 11.6 Å². The maximum atomic E-state index is 11.6. The summed E-state index contributed by atoms with van der Waals surface area (Å²) in [6.45, 7) is -0.697. The molecule has 3 nitrogen and oxygen atoms in total. The van der Waals surface area contributed by atoms with Crippen molar-refractivity contribution in [2.24, 2.45) is 0 Å². The molecule has 0 spiro atoms. The summed E-state index contributed by atoms with van der Waals surface area (Å²) in [6, 6.07) is 2.67. The zero-order chi connectivity index (χ0) is 9.84. The summed E-state index contributed by atoms with van der Waals surface area (Å²) < 4.78 is 28.0. The van der Waals surface area contributed by atoms with E-state index in [0.29, 0.717) is 0 Å². The summed E-state index contributed by atoms with van der Waals surface area (Å²) >= 11 is 5.37. The summed E-state index contributed by atoms with van der Waals surface area (Å²) in [4.78, 5) is 11.0. The first-order valence-electron chi connectivity index (χ1n) is 3.41. The van der Waals surface area contributed by atoms with E-state index >= 15 is 0 Å². The van der Waals surface area contributed by atoms with E-state index in [-0.39, 0.29) is 11.0 Å². The lowest BCUT2D eigenvalue weighted by atomic mass is 10.4. The van der Waals surface area contributed by atoms with Crippen molar-refractivity contribution in [3.63, 3.8) is 0 Å². The predicted octanol–water partition coefficient (Wildman–Crippen LogP) is 1.93. The van der Waals surface area contributed by atoms with Crippen molar-refractivity contribution in [2.75, 3.05) is 6.54 Å². The summed E-state index contributed by atoms with van der Waals surface area (Å²) in [7, 11) is 0. The van der Waals surface area contributed by atoms with Crippen molar-refractivity contribution in [1.82, 2.24) is 5.32 Å². The van der Waals surface area contributed by atoms with Gasteiger partial charge in [0.1, 0.15) is 0 Å². The van der Waals surface area contributed by atoms with Gasteiger partial charge in [-0.05, 0) is 23.7 Å². The molecular formula is C7H6ClF2NO2. The first-order chi connectivity index (χ1) is 6.09. The predicted molar refractivity (Wildman–Crippen MR) is 42.1 cm³/mol. The van der Waals surface area contributed by atoms with E-state index in [4.69, 9.17) is 11.6 Å². The Morgan fingerprint density at radius 3 is 2.77 bits per heavy atom. The zero-order valence-corrected chi connectivity index (χ0v) is 7.15. The van der Waals surface area contributed by atoms with Crippen LogP contribution in [0.3, 0.4) is 0 Å². The first-order valence-corrected chi connectivity index (χ1v) is 3.79. The van der Waals surface area contributed by atoms with Gasteiger partial charge >= 0.3 is 0 Å². The average Bonchev–Trinajstić information content (AvgIpc) is 2.47. The lowest BCUT2D eigenvalue weighted by molar-refractivity contribution is 0.0865. The minimum Gasteiger partial charge on any atom is -0.440 e. The van der Waals surface area contributed by atoms with Crippen molar-refractivity contribution in [1.29, 1.82) is 0 Å². The number of hydrogen-bond donors (Lipinski definition) is 1. The normalized spacial score (nSPS) is 10.5. The lowest BCUT2D eigenvalue weighted by Gasteiger charge is -2.00. The molecule has 72 valence electrons. The van der Waals surface area contributed by atoms with Crippen LogP contribution in [0, 0.1) is 0 Å². The average molecular weight is 210 g/mol. The third-order valence-corrected chi connectivity index (χ3v) is 1.42. The summed E-state index contributed by atoms with van der Waals surface area (Å²) in [5, 5.41) is 2.01. The fraction of sp³-hybridized carbons (Fsp3) is 0.286. The molecule has 0 aliphatic rings. The molecule has 0 atom stereocenters. The third-order valence-electron chi connectivity index (χ3n) is 1.21. The maximum Gasteiger partial charge on any atom is 0.287 e. The number of halogens is 3. The molecule has 1 aromatic rings. The number of hydrogen-bond acceptors (Lipinski definition) is 2. The van der Waals surface area contributed by atoms with Crippen LogP contribution in [0.25, 0.3) is 0 Å². The SMILES string of the molecule is O=C(NCC(F)F)c1ccc(Cl)o1. The van der Waals surface area contributed by atoms with Crippen LogP contribution in [0.4, 0.5) is 8.78 Å². The molecule has 0 saturated carbocycles. The Morgan fingerprint density at radius 1 is 1.62 bits per heavy atom. The number of amides is 1. The van der Waals surface area contributed by atoms with Crippen molar-refractivity contribution in [3.05, 3.63) is 23.1 Å². The number of carbonyl (C=O) groups is 1. The molecule has 0 aromatic carbocycles. The van der Waals surface area contributed by atoms with Gasteiger partial charge in [0.2, 0.25) is 0 Å². The largest absolute Gasteiger partial charge is 0.440 e. The molecule has 0 bridgehead atoms. The van der Waals surface area contributed by atoms with E-state index in [2.05, 4.69) is 4.42 Å². The summed E-state index contributed by atoms with van der Waals surface area (Å²) in [5.74, 6) is -0.780. The van der Waals surface area contributed by atoms with Crippen LogP contribution in [-0.4, -0.2) is 18.9 Å². The highest BCUT2D eigenvalue weighted by atomic mass is 35.5. The van der Waals surface area contributed by atoms with Gasteiger partial charge in [0, 0.05) is 0 Å². The molecule has 0 fully saturated rings. The number of nitrogens with one attached hydrogen (secondary N) is 1. The maximum absolute atomic E-state index is 11.6. The fourth-order valence-corrected chi connectivity index (χ4v) is 0.839. The Labute approximate surface area is 77.7 Å². The van der Waals surface area contributed by atoms with Gasteiger partial charge in [-0.2, -0.15) is 0 Å². The van der Waals surface area contributed by atoms with E-state index in [9.17, 15) is 13.6 Å². The second-order valence-corrected chi connectivity index (χ2v) is 2.58. The van der Waals surface area contributed by atoms with Crippen molar-refractivity contribution in [2.45, 2.75) is 6.43 Å². The zero-order valence-electron chi connectivity index (χ0n) is 6.39. The van der Waals surface area contributed by atoms with Crippen LogP contribution in [-0.2, 0) is 0 Å². The van der Waals surface area contributed by atoms with Gasteiger partial charge in [-0.25, -0.2) is 8.78 Å². The molecule has 1 heterocycles. The minimum absolute atomic E-state index is 0.0437. The van der Waals surface area contributed by atoms with Crippen molar-refractivity contribution in [3.8, 4) is 0 Å². The van der Waals surface area contributed by atoms with E-state index in [1.165, 1.54) is 12.1 Å². The van der Waals surface area contributed by atoms with Gasteiger partial charge in [-0.15, -0.1) is 0 Å². The number of rotatable bonds is 3. The molecule has 1 aromatic heterocycles. The molecule has 0 radical (unpaired) electrons. The lowest BCUT2D eigenvalue weighted by Crippen LogP contribution is -2.28. The summed E-state index contributed by atoms with van der Waals surface area (Å²) in [5.41, 5.74) is 0. The Balaban J connectivity index is 2.49. The topological polar surface area (TPSA) is 42.2 Å². The van der Waals surface area contributed by atoms with Gasteiger partial charge < -0.3 is 9.73 Å². The van der Waals surface area contributed by atoms with Crippen molar-refractivity contribution < 1.29 is 18.0 Å². The monoisotopic (exact) mass is 209 g/mol. The Hall–Kier alpha value is -1.10. The molecular weight excluding hydrogens is 204 g/mol. The van der Waals surface area contributed by atoms with E-state index in [1.807, 2.05) is 5.32 Å². The number of furan rings is 1. The first kappa shape index (κ1) is 9.98. The molecule has 0 unspecified atom stereocenters. The molecule has 6 heteroatoms. The van der Waals surface area contributed by atoms with Crippen LogP contribution < -0.4 is 5.32 Å². The second-order valence-electron chi connectivity index (χ2n) is 2.20. The van der Waals surface area contributed by atoms with E-state index in [1.54, 1.807) is 0 Å². The van der Waals surface area contributed by atoms with Gasteiger partial charge in [0.15, 0.2) is 11.0 Å². The molecule has 0 aliphatic heterocycles. The fourth-order valence-electron chi connectivity index (χ4n) is 0.693. The third kappa shape index (κ3) is 3.02. The second kappa shape index (κ2) is 4.23. The van der Waals surface area contributed by atoms with Crippen LogP contribution in [0.2, 0.25) is 5.22 Å². The smallest absolute Gasteiger partial charge is 0.287 e. The van der Waals surface area contributed by atoms with Crippen LogP contribution in [0.15, 0.2) is 16.5 Å². The molecule has 0 saturated heterocycles. The molecule has 13 heavy (non-hydrogen) atoms. The summed E-state index contributed by atoms with van der Waals surface area (Å²) in [6.07, 6.45) is -2.57. The van der Waals surface area contributed by atoms with Gasteiger partial charge in [-0.3, -0.25) is 4.79 Å². The van der Waals surface area contributed by atoms with Crippen molar-refractivity contribution >= 4 is 17.5 Å². The number of alkyl halides is 2. The molecule has 1 N–H and O–H groups in total. The quantitative estimate of drug-likeness (QED) is 0.827. The Bertz CT molecular complexity index is 300. The van der Waals surface area contributed by atoms with Crippen LogP contribution in [0.1, 0.15) is 10.6 Å². The number of carbonyl (C=O) groups excluding carboxylic acids is 1. The molecule has 1 amide bonds. The molecule has 1 rings (SSSR count). The van der Waals surface area contributed by atoms with Gasteiger partial charge in [0.05, 0.1) is 6.54 Å². The minimum atomic E-state index is -2.57. The Kier molecular flexibility index (Phi) is 3.25. The van der Waals surface area contributed by atoms with Gasteiger partial charge in [0.25, 0.3) is 12.3 Å². The molecule has 0 aliphatic carbocycles. The van der Waals surface area contributed by atoms with Crippen LogP contribution in [0.5, 0.6) is 0 Å². The van der Waals surface area contributed by atoms with E-state index < -0.39 is 18.9 Å². The highest BCUT2D eigenvalue weighted by molar-refractivity contribution is 6.29. The van der Waals surface area contributed by atoms with Gasteiger partial charge in [-0.1, -0.05) is 0 Å². The van der Waals surface area contributed by atoms with E-state index in [0.717, 1.165) is 0 Å². The Morgan fingerprint density at radius 2 is 2.31 bits per heavy atom.